The van der Waals surface area contributed by atoms with E-state index in [0.29, 0.717) is 18.1 Å². The molecule has 19 heavy (non-hydrogen) atoms. The van der Waals surface area contributed by atoms with Gasteiger partial charge in [-0.2, -0.15) is 5.10 Å². The molecule has 0 bridgehead atoms. The monoisotopic (exact) mass is 259 g/mol. The van der Waals surface area contributed by atoms with Crippen LogP contribution in [0, 0.1) is 5.92 Å². The normalized spacial score (nSPS) is 12.1. The lowest BCUT2D eigenvalue weighted by molar-refractivity contribution is -0.119. The molecule has 0 fully saturated rings. The van der Waals surface area contributed by atoms with Crippen molar-refractivity contribution < 1.29 is 4.79 Å². The third-order valence-electron chi connectivity index (χ3n) is 2.72. The van der Waals surface area contributed by atoms with Gasteiger partial charge in [0, 0.05) is 31.1 Å². The van der Waals surface area contributed by atoms with Crippen LogP contribution in [0.5, 0.6) is 0 Å². The number of pyridine rings is 1. The van der Waals surface area contributed by atoms with Crippen LogP contribution in [0.15, 0.2) is 36.8 Å². The van der Waals surface area contributed by atoms with E-state index in [1.165, 1.54) is 0 Å². The van der Waals surface area contributed by atoms with E-state index in [-0.39, 0.29) is 11.8 Å². The van der Waals surface area contributed by atoms with E-state index in [1.54, 1.807) is 29.3 Å². The minimum atomic E-state index is -0.115. The molecule has 1 unspecified atom stereocenters. The fourth-order valence-corrected chi connectivity index (χ4v) is 1.73. The number of aromatic nitrogens is 3. The molecule has 2 heterocycles. The highest BCUT2D eigenvalue weighted by atomic mass is 16.1. The molecule has 0 aliphatic rings. The van der Waals surface area contributed by atoms with E-state index in [9.17, 15) is 4.79 Å². The molecule has 0 saturated carbocycles. The van der Waals surface area contributed by atoms with Gasteiger partial charge in [0.05, 0.1) is 5.69 Å². The largest absolute Gasteiger partial charge is 0.323 e. The Bertz CT molecular complexity index is 538. The first kappa shape index (κ1) is 13.2. The zero-order chi connectivity index (χ0) is 13.7. The molecule has 2 N–H and O–H groups in total. The van der Waals surface area contributed by atoms with Crippen molar-refractivity contribution in [2.45, 2.75) is 6.92 Å². The average molecular weight is 259 g/mol. The number of hydrogen-bond acceptors (Lipinski definition) is 4. The Morgan fingerprint density at radius 1 is 1.42 bits per heavy atom. The number of rotatable bonds is 5. The van der Waals surface area contributed by atoms with Crippen molar-refractivity contribution in [3.8, 4) is 5.82 Å². The summed E-state index contributed by atoms with van der Waals surface area (Å²) in [7, 11) is 1.82. The van der Waals surface area contributed by atoms with Crippen molar-refractivity contribution in [3.63, 3.8) is 0 Å². The van der Waals surface area contributed by atoms with Crippen LogP contribution in [0.2, 0.25) is 0 Å². The van der Waals surface area contributed by atoms with Gasteiger partial charge in [-0.05, 0) is 25.2 Å². The molecule has 0 aromatic carbocycles. The summed E-state index contributed by atoms with van der Waals surface area (Å²) in [4.78, 5) is 16.3. The van der Waals surface area contributed by atoms with Crippen LogP contribution >= 0.6 is 0 Å². The fourth-order valence-electron chi connectivity index (χ4n) is 1.73. The Morgan fingerprint density at radius 2 is 2.26 bits per heavy atom. The number of carbonyl (C=O) groups is 1. The van der Waals surface area contributed by atoms with Crippen LogP contribution in [0.3, 0.4) is 0 Å². The summed E-state index contributed by atoms with van der Waals surface area (Å²) in [5.74, 6) is 0.448. The van der Waals surface area contributed by atoms with Crippen molar-refractivity contribution in [2.75, 3.05) is 18.9 Å². The molecule has 0 spiro atoms. The molecule has 0 aliphatic heterocycles. The molecule has 0 saturated heterocycles. The zero-order valence-electron chi connectivity index (χ0n) is 11.0. The van der Waals surface area contributed by atoms with Crippen molar-refractivity contribution in [3.05, 3.63) is 36.8 Å². The second-order valence-corrected chi connectivity index (χ2v) is 4.27. The molecule has 6 heteroatoms. The first-order chi connectivity index (χ1) is 9.22. The van der Waals surface area contributed by atoms with Crippen LogP contribution in [0.4, 0.5) is 5.69 Å². The molecule has 2 rings (SSSR count). The highest BCUT2D eigenvalue weighted by Gasteiger charge is 2.14. The second-order valence-electron chi connectivity index (χ2n) is 4.27. The zero-order valence-corrected chi connectivity index (χ0v) is 11.0. The summed E-state index contributed by atoms with van der Waals surface area (Å²) in [6.45, 7) is 2.50. The summed E-state index contributed by atoms with van der Waals surface area (Å²) in [6.07, 6.45) is 5.13. The van der Waals surface area contributed by atoms with Gasteiger partial charge >= 0.3 is 0 Å². The Hall–Kier alpha value is -2.21. The van der Waals surface area contributed by atoms with Gasteiger partial charge in [-0.3, -0.25) is 4.79 Å². The maximum absolute atomic E-state index is 12.0. The Kier molecular flexibility index (Phi) is 4.25. The van der Waals surface area contributed by atoms with Gasteiger partial charge in [-0.25, -0.2) is 9.67 Å². The maximum atomic E-state index is 12.0. The van der Waals surface area contributed by atoms with Crippen molar-refractivity contribution in [1.29, 1.82) is 0 Å². The van der Waals surface area contributed by atoms with Crippen molar-refractivity contribution in [2.24, 2.45) is 5.92 Å². The second kappa shape index (κ2) is 6.10. The minimum absolute atomic E-state index is 0.0456. The first-order valence-corrected chi connectivity index (χ1v) is 6.13. The van der Waals surface area contributed by atoms with Crippen LogP contribution in [0.25, 0.3) is 5.82 Å². The van der Waals surface area contributed by atoms with Gasteiger partial charge in [-0.1, -0.05) is 6.92 Å². The van der Waals surface area contributed by atoms with E-state index in [4.69, 9.17) is 0 Å². The fraction of sp³-hybridized carbons (Fsp3) is 0.308. The van der Waals surface area contributed by atoms with Crippen molar-refractivity contribution >= 4 is 11.6 Å². The maximum Gasteiger partial charge on any atom is 0.228 e. The number of carbonyl (C=O) groups excluding carboxylic acids is 1. The van der Waals surface area contributed by atoms with Crippen LogP contribution in [-0.2, 0) is 4.79 Å². The summed E-state index contributed by atoms with van der Waals surface area (Å²) in [5.41, 5.74) is 0.652. The highest BCUT2D eigenvalue weighted by molar-refractivity contribution is 5.93. The smallest absolute Gasteiger partial charge is 0.228 e. The van der Waals surface area contributed by atoms with E-state index in [2.05, 4.69) is 20.7 Å². The average Bonchev–Trinajstić information content (AvgIpc) is 2.93. The van der Waals surface area contributed by atoms with Gasteiger partial charge in [0.25, 0.3) is 0 Å². The topological polar surface area (TPSA) is 71.8 Å². The van der Waals surface area contributed by atoms with E-state index in [0.717, 1.165) is 0 Å². The summed E-state index contributed by atoms with van der Waals surface area (Å²) < 4.78 is 1.62. The number of amides is 1. The van der Waals surface area contributed by atoms with Crippen LogP contribution < -0.4 is 10.6 Å². The van der Waals surface area contributed by atoms with Gasteiger partial charge in [0.2, 0.25) is 5.91 Å². The van der Waals surface area contributed by atoms with Gasteiger partial charge < -0.3 is 10.6 Å². The van der Waals surface area contributed by atoms with Gasteiger partial charge in [0.15, 0.2) is 5.82 Å². The number of nitrogens with one attached hydrogen (secondary N) is 2. The molecule has 2 aromatic rings. The summed E-state index contributed by atoms with van der Waals surface area (Å²) in [6, 6.07) is 5.41. The highest BCUT2D eigenvalue weighted by Crippen LogP contribution is 2.16. The standard InChI is InChI=1S/C13H17N5O/c1-10(9-14-2)13(19)17-11-5-3-6-15-12(11)18-8-4-7-16-18/h3-8,10,14H,9H2,1-2H3,(H,17,19). The molecule has 0 aliphatic carbocycles. The molecule has 0 radical (unpaired) electrons. The van der Waals surface area contributed by atoms with Crippen LogP contribution in [-0.4, -0.2) is 34.3 Å². The van der Waals surface area contributed by atoms with E-state index in [1.807, 2.05) is 26.1 Å². The third kappa shape index (κ3) is 3.17. The van der Waals surface area contributed by atoms with Gasteiger partial charge in [-0.15, -0.1) is 0 Å². The minimum Gasteiger partial charge on any atom is -0.323 e. The Balaban J connectivity index is 2.19. The summed E-state index contributed by atoms with van der Waals surface area (Å²) >= 11 is 0. The number of hydrogen-bond donors (Lipinski definition) is 2. The number of nitrogens with zero attached hydrogens (tertiary/aromatic N) is 3. The molecule has 1 amide bonds. The predicted octanol–water partition coefficient (Wildman–Crippen LogP) is 1.06. The Labute approximate surface area is 111 Å². The molecular weight excluding hydrogens is 242 g/mol. The van der Waals surface area contributed by atoms with Crippen molar-refractivity contribution in [1.82, 2.24) is 20.1 Å². The molecule has 100 valence electrons. The quantitative estimate of drug-likeness (QED) is 0.842. The van der Waals surface area contributed by atoms with Gasteiger partial charge in [0.1, 0.15) is 0 Å². The molecular formula is C13H17N5O. The SMILES string of the molecule is CNCC(C)C(=O)Nc1cccnc1-n1cccn1. The lowest BCUT2D eigenvalue weighted by Gasteiger charge is -2.13. The number of anilines is 1. The lowest BCUT2D eigenvalue weighted by Crippen LogP contribution is -2.29. The third-order valence-corrected chi connectivity index (χ3v) is 2.72. The summed E-state index contributed by atoms with van der Waals surface area (Å²) in [5, 5.41) is 9.99. The molecule has 6 nitrogen and oxygen atoms in total. The Morgan fingerprint density at radius 3 is 2.95 bits per heavy atom. The van der Waals surface area contributed by atoms with E-state index >= 15 is 0 Å². The first-order valence-electron chi connectivity index (χ1n) is 6.13. The lowest BCUT2D eigenvalue weighted by atomic mass is 10.1. The van der Waals surface area contributed by atoms with Crippen LogP contribution in [0.1, 0.15) is 6.92 Å². The molecule has 1 atom stereocenters. The predicted molar refractivity (Wildman–Crippen MR) is 73.1 cm³/mol. The molecule has 2 aromatic heterocycles. The van der Waals surface area contributed by atoms with E-state index < -0.39 is 0 Å².